The first kappa shape index (κ1) is 10.0. The standard InChI is InChI=1S/3CH3.Al.HNO2/c;;;;2-1-3/h3*1H3;;1H. The van der Waals surface area contributed by atoms with Crippen molar-refractivity contribution in [3.8, 4) is 0 Å². The summed E-state index contributed by atoms with van der Waals surface area (Å²) in [6.45, 7) is 0. The summed E-state index contributed by atoms with van der Waals surface area (Å²) < 4.78 is 0. The van der Waals surface area contributed by atoms with Crippen LogP contribution in [-0.4, -0.2) is 14.1 Å². The van der Waals surface area contributed by atoms with E-state index < -0.39 is 0 Å². The van der Waals surface area contributed by atoms with Crippen LogP contribution in [0.5, 0.6) is 0 Å². The monoisotopic (exact) mass is 119 g/mol. The third-order valence-electron chi connectivity index (χ3n) is 0. The van der Waals surface area contributed by atoms with Crippen LogP contribution >= 0.6 is 0 Å². The van der Waals surface area contributed by atoms with Gasteiger partial charge in [0, 0.05) is 5.34 Å². The van der Waals surface area contributed by atoms with E-state index in [1.165, 1.54) is 0 Å². The number of nitrogens with one attached hydrogen (secondary N) is 1. The first-order valence-corrected chi connectivity index (χ1v) is 5.60. The van der Waals surface area contributed by atoms with Crippen molar-refractivity contribution >= 4 is 14.1 Å². The third kappa shape index (κ3) is 20100. The lowest BCUT2D eigenvalue weighted by molar-refractivity contribution is -0.398. The third-order valence-corrected chi connectivity index (χ3v) is 0. The van der Waals surface area contributed by atoms with Crippen LogP contribution in [0.25, 0.3) is 0 Å². The minimum Gasteiger partial charge on any atom is -0.267 e. The molecule has 0 fully saturated rings. The molecule has 0 saturated carbocycles. The molecule has 0 heterocycles. The molecule has 0 bridgehead atoms. The van der Waals surface area contributed by atoms with Crippen molar-refractivity contribution in [2.45, 2.75) is 17.4 Å². The van der Waals surface area contributed by atoms with Crippen LogP contribution in [0, 0.1) is 10.1 Å². The van der Waals surface area contributed by atoms with Gasteiger partial charge in [-0.25, -0.2) is 0 Å². The van der Waals surface area contributed by atoms with Crippen molar-refractivity contribution < 1.29 is 5.34 Å². The van der Waals surface area contributed by atoms with Gasteiger partial charge >= 0.3 is 0 Å². The van der Waals surface area contributed by atoms with Crippen LogP contribution in [0.1, 0.15) is 0 Å². The number of hydrogen-bond donors (Lipinski definition) is 1. The van der Waals surface area contributed by atoms with Crippen LogP contribution in [0.2, 0.25) is 17.4 Å². The van der Waals surface area contributed by atoms with E-state index in [2.05, 4.69) is 17.4 Å². The van der Waals surface area contributed by atoms with Crippen molar-refractivity contribution in [3.05, 3.63) is 10.1 Å². The highest BCUT2D eigenvalue weighted by atomic mass is 27.2. The van der Waals surface area contributed by atoms with Gasteiger partial charge in [0.1, 0.15) is 0 Å². The Hall–Kier alpha value is -0.0675. The molecule has 0 aromatic carbocycles. The van der Waals surface area contributed by atoms with Gasteiger partial charge in [-0.15, -0.1) is 17.4 Å². The highest BCUT2D eigenvalue weighted by molar-refractivity contribution is 6.54. The van der Waals surface area contributed by atoms with Crippen LogP contribution in [0.3, 0.4) is 0 Å². The molecule has 42 valence electrons. The summed E-state index contributed by atoms with van der Waals surface area (Å²) in [6, 6.07) is 0. The fourth-order valence-electron chi connectivity index (χ4n) is 0. The van der Waals surface area contributed by atoms with E-state index in [1.807, 2.05) is 0 Å². The second kappa shape index (κ2) is 9.33. The summed E-state index contributed by atoms with van der Waals surface area (Å²) in [6.07, 6.45) is 0. The molecule has 4 heteroatoms. The van der Waals surface area contributed by atoms with E-state index in [0.29, 0.717) is 0 Å². The highest BCUT2D eigenvalue weighted by Crippen LogP contribution is 1.68. The molecule has 0 rings (SSSR count). The second-order valence-electron chi connectivity index (χ2n) is 1.82. The SMILES string of the molecule is O=[NH+][O-].[CH3][Al]([CH3])[CH3]. The van der Waals surface area contributed by atoms with Crippen molar-refractivity contribution in [2.75, 3.05) is 0 Å². The zero-order valence-electron chi connectivity index (χ0n) is 4.89. The maximum atomic E-state index is 8.12. The Morgan fingerprint density at radius 1 is 1.43 bits per heavy atom. The van der Waals surface area contributed by atoms with E-state index >= 15 is 0 Å². The van der Waals surface area contributed by atoms with Gasteiger partial charge in [0.2, 0.25) is 0 Å². The predicted octanol–water partition coefficient (Wildman–Crippen LogP) is -0.298. The Morgan fingerprint density at radius 3 is 1.43 bits per heavy atom. The molecular weight excluding hydrogens is 109 g/mol. The van der Waals surface area contributed by atoms with Crippen molar-refractivity contribution in [1.29, 1.82) is 0 Å². The van der Waals surface area contributed by atoms with E-state index in [4.69, 9.17) is 10.1 Å². The van der Waals surface area contributed by atoms with Gasteiger partial charge in [-0.05, 0) is 0 Å². The zero-order chi connectivity index (χ0) is 6.28. The Balaban J connectivity index is 0. The molecule has 0 radical (unpaired) electrons. The molecule has 0 aliphatic heterocycles. The predicted molar refractivity (Wildman–Crippen MR) is 31.0 cm³/mol. The smallest absolute Gasteiger partial charge is 0.251 e. The largest absolute Gasteiger partial charge is 0.267 e. The molecular formula is C3H10AlNO2. The maximum Gasteiger partial charge on any atom is 0.251 e. The lowest BCUT2D eigenvalue weighted by atomic mass is 11.8. The van der Waals surface area contributed by atoms with Gasteiger partial charge in [0.15, 0.2) is 0 Å². The Kier molecular flexibility index (Phi) is 13.4. The van der Waals surface area contributed by atoms with Gasteiger partial charge in [-0.3, -0.25) is 10.1 Å². The molecule has 0 aliphatic carbocycles. The molecule has 0 amide bonds. The summed E-state index contributed by atoms with van der Waals surface area (Å²) in [7, 11) is 0. The van der Waals surface area contributed by atoms with E-state index in [-0.39, 0.29) is 19.5 Å². The topological polar surface area (TPSA) is 54.1 Å². The fraction of sp³-hybridized carbons (Fsp3) is 1.00. The lowest BCUT2D eigenvalue weighted by Gasteiger charge is -1.67. The zero-order valence-corrected chi connectivity index (χ0v) is 6.05. The van der Waals surface area contributed by atoms with Gasteiger partial charge in [-0.2, -0.15) is 0 Å². The molecule has 0 spiro atoms. The normalized spacial score (nSPS) is 5.57. The van der Waals surface area contributed by atoms with Gasteiger partial charge in [0.25, 0.3) is 14.1 Å². The van der Waals surface area contributed by atoms with Crippen molar-refractivity contribution in [2.24, 2.45) is 0 Å². The minimum absolute atomic E-state index is 0.139. The molecule has 0 aromatic rings. The van der Waals surface area contributed by atoms with Crippen LogP contribution in [0.4, 0.5) is 0 Å². The summed E-state index contributed by atoms with van der Waals surface area (Å²) in [4.78, 5) is 8.12. The average molecular weight is 119 g/mol. The first-order valence-electron chi connectivity index (χ1n) is 2.14. The lowest BCUT2D eigenvalue weighted by Crippen LogP contribution is -2.53. The molecule has 0 unspecified atom stereocenters. The summed E-state index contributed by atoms with van der Waals surface area (Å²) >= 11 is -0.139. The quantitative estimate of drug-likeness (QED) is 0.270. The van der Waals surface area contributed by atoms with Gasteiger partial charge in [-0.1, -0.05) is 0 Å². The minimum atomic E-state index is -0.139. The molecule has 7 heavy (non-hydrogen) atoms. The summed E-state index contributed by atoms with van der Waals surface area (Å²) in [5, 5.41) is 8.38. The summed E-state index contributed by atoms with van der Waals surface area (Å²) in [5.41, 5.74) is 0. The van der Waals surface area contributed by atoms with E-state index in [0.717, 1.165) is 0 Å². The van der Waals surface area contributed by atoms with Crippen molar-refractivity contribution in [1.82, 2.24) is 0 Å². The maximum absolute atomic E-state index is 8.12. The van der Waals surface area contributed by atoms with Crippen molar-refractivity contribution in [3.63, 3.8) is 0 Å². The highest BCUT2D eigenvalue weighted by Gasteiger charge is 1.81. The number of rotatable bonds is 0. The van der Waals surface area contributed by atoms with Crippen LogP contribution in [-0.2, 0) is 0 Å². The molecule has 0 atom stereocenters. The van der Waals surface area contributed by atoms with Crippen LogP contribution < -0.4 is 5.34 Å². The average Bonchev–Trinajstić information content (AvgIpc) is 1.33. The second-order valence-corrected chi connectivity index (χ2v) is 5.28. The van der Waals surface area contributed by atoms with E-state index in [9.17, 15) is 0 Å². The van der Waals surface area contributed by atoms with Gasteiger partial charge in [0.05, 0.1) is 0 Å². The molecule has 0 aromatic heterocycles. The molecule has 0 aliphatic rings. The number of hydrogen-bond acceptors (Lipinski definition) is 2. The Labute approximate surface area is 47.7 Å². The van der Waals surface area contributed by atoms with E-state index in [1.54, 1.807) is 0 Å². The summed E-state index contributed by atoms with van der Waals surface area (Å²) in [5.74, 6) is 6.92. The Morgan fingerprint density at radius 2 is 1.43 bits per heavy atom. The fourth-order valence-corrected chi connectivity index (χ4v) is 0. The van der Waals surface area contributed by atoms with Gasteiger partial charge < -0.3 is 0 Å². The molecule has 0 saturated heterocycles. The molecule has 3 nitrogen and oxygen atoms in total. The van der Waals surface area contributed by atoms with Crippen LogP contribution in [0.15, 0.2) is 0 Å². The first-order chi connectivity index (χ1) is 3.15. The Bertz CT molecular complexity index is 37.2. The molecule has 1 N–H and O–H groups in total.